The number of amides is 1. The van der Waals surface area contributed by atoms with E-state index in [1.54, 1.807) is 0 Å². The van der Waals surface area contributed by atoms with Crippen molar-refractivity contribution in [2.45, 2.75) is 137 Å². The summed E-state index contributed by atoms with van der Waals surface area (Å²) in [5.74, 6) is 0.114. The second-order valence-electron chi connectivity index (χ2n) is 11.0. The summed E-state index contributed by atoms with van der Waals surface area (Å²) in [6.07, 6.45) is 19.0. The maximum Gasteiger partial charge on any atom is 0.362 e. The fraction of sp³-hybridized carbons (Fsp3) is 0.931. The zero-order valence-corrected chi connectivity index (χ0v) is 23.8. The number of hydrogen-bond donors (Lipinski definition) is 1. The van der Waals surface area contributed by atoms with E-state index in [2.05, 4.69) is 33.3 Å². The molecule has 0 aromatic heterocycles. The third kappa shape index (κ3) is 19.2. The van der Waals surface area contributed by atoms with Crippen LogP contribution in [0.4, 0.5) is 0 Å². The average molecular weight is 484 g/mol. The van der Waals surface area contributed by atoms with Gasteiger partial charge in [-0.05, 0) is 32.1 Å². The van der Waals surface area contributed by atoms with Crippen molar-refractivity contribution < 1.29 is 18.8 Å². The standard InChI is InChI=1S/C29H58N2O3/c1-7-10-12-14-16-18-21-27(22-19-17-15-13-11-8-2)34-28(32)25-31(5,6)24-20-23-30-29(33)26(4)9-3/h26-27H,7-25H2,1-6H3/p+1. The van der Waals surface area contributed by atoms with E-state index in [4.69, 9.17) is 4.74 Å². The van der Waals surface area contributed by atoms with Gasteiger partial charge in [0, 0.05) is 18.9 Å². The molecule has 34 heavy (non-hydrogen) atoms. The van der Waals surface area contributed by atoms with Gasteiger partial charge >= 0.3 is 5.97 Å². The Morgan fingerprint density at radius 2 is 1.26 bits per heavy atom. The minimum atomic E-state index is -0.0735. The number of unbranched alkanes of at least 4 members (excludes halogenated alkanes) is 10. The predicted molar refractivity (Wildman–Crippen MR) is 145 cm³/mol. The van der Waals surface area contributed by atoms with Gasteiger partial charge in [0.05, 0.1) is 20.6 Å². The Hall–Kier alpha value is -1.10. The molecule has 0 radical (unpaired) electrons. The smallest absolute Gasteiger partial charge is 0.362 e. The van der Waals surface area contributed by atoms with Gasteiger partial charge in [-0.1, -0.05) is 91.9 Å². The lowest BCUT2D eigenvalue weighted by Crippen LogP contribution is -2.46. The van der Waals surface area contributed by atoms with Crippen LogP contribution in [0.25, 0.3) is 0 Å². The summed E-state index contributed by atoms with van der Waals surface area (Å²) in [5, 5.41) is 3.01. The highest BCUT2D eigenvalue weighted by molar-refractivity contribution is 5.78. The summed E-state index contributed by atoms with van der Waals surface area (Å²) in [6.45, 7) is 10.4. The zero-order valence-electron chi connectivity index (χ0n) is 23.8. The van der Waals surface area contributed by atoms with Crippen molar-refractivity contribution in [3.8, 4) is 0 Å². The van der Waals surface area contributed by atoms with Crippen LogP contribution in [0.5, 0.6) is 0 Å². The monoisotopic (exact) mass is 483 g/mol. The number of rotatable bonds is 23. The molecule has 1 atom stereocenters. The number of carbonyl (C=O) groups is 2. The molecule has 1 N–H and O–H groups in total. The molecule has 0 aromatic carbocycles. The van der Waals surface area contributed by atoms with Gasteiger partial charge in [0.2, 0.25) is 5.91 Å². The normalized spacial score (nSPS) is 12.7. The molecule has 0 heterocycles. The number of likely N-dealkylation sites (N-methyl/N-ethyl adjacent to an activating group) is 1. The minimum absolute atomic E-state index is 0.0627. The van der Waals surface area contributed by atoms with Gasteiger partial charge in [0.25, 0.3) is 0 Å². The predicted octanol–water partition coefficient (Wildman–Crippen LogP) is 7.03. The van der Waals surface area contributed by atoms with Crippen molar-refractivity contribution in [2.75, 3.05) is 33.7 Å². The van der Waals surface area contributed by atoms with Gasteiger partial charge in [-0.15, -0.1) is 0 Å². The van der Waals surface area contributed by atoms with E-state index in [1.165, 1.54) is 64.2 Å². The lowest BCUT2D eigenvalue weighted by molar-refractivity contribution is -0.883. The molecule has 0 saturated carbocycles. The first-order valence-corrected chi connectivity index (χ1v) is 14.5. The molecular formula is C29H59N2O3+. The van der Waals surface area contributed by atoms with Crippen LogP contribution in [-0.4, -0.2) is 56.2 Å². The van der Waals surface area contributed by atoms with Crippen molar-refractivity contribution in [3.05, 3.63) is 0 Å². The number of nitrogens with one attached hydrogen (secondary N) is 1. The Balaban J connectivity index is 4.42. The summed E-state index contributed by atoms with van der Waals surface area (Å²) in [5.41, 5.74) is 0. The van der Waals surface area contributed by atoms with Gasteiger partial charge in [-0.2, -0.15) is 0 Å². The van der Waals surface area contributed by atoms with Gasteiger partial charge in [-0.3, -0.25) is 4.79 Å². The molecule has 0 aliphatic carbocycles. The Labute approximate surface area is 212 Å². The first kappa shape index (κ1) is 32.9. The lowest BCUT2D eigenvalue weighted by Gasteiger charge is -2.29. The Bertz CT molecular complexity index is 492. The molecule has 0 rings (SSSR count). The molecule has 0 bridgehead atoms. The lowest BCUT2D eigenvalue weighted by atomic mass is 10.0. The average Bonchev–Trinajstić information content (AvgIpc) is 2.79. The van der Waals surface area contributed by atoms with Crippen LogP contribution in [0.3, 0.4) is 0 Å². The van der Waals surface area contributed by atoms with E-state index in [0.717, 1.165) is 45.1 Å². The fourth-order valence-corrected chi connectivity index (χ4v) is 4.30. The molecule has 0 spiro atoms. The van der Waals surface area contributed by atoms with Crippen LogP contribution >= 0.6 is 0 Å². The summed E-state index contributed by atoms with van der Waals surface area (Å²) < 4.78 is 6.60. The number of hydrogen-bond acceptors (Lipinski definition) is 3. The molecule has 5 nitrogen and oxygen atoms in total. The summed E-state index contributed by atoms with van der Waals surface area (Å²) in [4.78, 5) is 24.7. The molecule has 0 aliphatic rings. The maximum absolute atomic E-state index is 12.8. The van der Waals surface area contributed by atoms with Gasteiger partial charge in [0.1, 0.15) is 6.10 Å². The van der Waals surface area contributed by atoms with Crippen LogP contribution in [0.1, 0.15) is 130 Å². The summed E-state index contributed by atoms with van der Waals surface area (Å²) in [6, 6.07) is 0. The molecule has 1 unspecified atom stereocenters. The highest BCUT2D eigenvalue weighted by Crippen LogP contribution is 2.17. The molecule has 1 amide bonds. The van der Waals surface area contributed by atoms with E-state index in [9.17, 15) is 9.59 Å². The van der Waals surface area contributed by atoms with Gasteiger partial charge < -0.3 is 14.5 Å². The van der Waals surface area contributed by atoms with Crippen molar-refractivity contribution in [1.29, 1.82) is 0 Å². The van der Waals surface area contributed by atoms with Crippen molar-refractivity contribution >= 4 is 11.9 Å². The van der Waals surface area contributed by atoms with Gasteiger partial charge in [0.15, 0.2) is 6.54 Å². The SMILES string of the molecule is CCCCCCCCC(CCCCCCCC)OC(=O)C[N+](C)(C)CCCNC(=O)C(C)CC. The number of nitrogens with zero attached hydrogens (tertiary/aromatic N) is 1. The van der Waals surface area contributed by atoms with E-state index >= 15 is 0 Å². The number of ether oxygens (including phenoxy) is 1. The second kappa shape index (κ2) is 21.2. The molecule has 0 saturated heterocycles. The minimum Gasteiger partial charge on any atom is -0.458 e. The fourth-order valence-electron chi connectivity index (χ4n) is 4.30. The topological polar surface area (TPSA) is 55.4 Å². The Morgan fingerprint density at radius 3 is 1.76 bits per heavy atom. The number of esters is 1. The van der Waals surface area contributed by atoms with Crippen LogP contribution in [-0.2, 0) is 14.3 Å². The van der Waals surface area contributed by atoms with E-state index in [1.807, 2.05) is 13.8 Å². The Kier molecular flexibility index (Phi) is 20.5. The van der Waals surface area contributed by atoms with Gasteiger partial charge in [-0.25, -0.2) is 4.79 Å². The van der Waals surface area contributed by atoms with Crippen LogP contribution in [0.2, 0.25) is 0 Å². The van der Waals surface area contributed by atoms with E-state index in [-0.39, 0.29) is 23.9 Å². The summed E-state index contributed by atoms with van der Waals surface area (Å²) in [7, 11) is 4.16. The molecule has 0 aromatic rings. The zero-order chi connectivity index (χ0) is 25.7. The third-order valence-corrected chi connectivity index (χ3v) is 6.91. The maximum atomic E-state index is 12.8. The van der Waals surface area contributed by atoms with E-state index < -0.39 is 0 Å². The first-order valence-electron chi connectivity index (χ1n) is 14.5. The second-order valence-corrected chi connectivity index (χ2v) is 11.0. The number of quaternary nitrogens is 1. The van der Waals surface area contributed by atoms with Crippen molar-refractivity contribution in [3.63, 3.8) is 0 Å². The third-order valence-electron chi connectivity index (χ3n) is 6.91. The highest BCUT2D eigenvalue weighted by Gasteiger charge is 2.23. The first-order chi connectivity index (χ1) is 16.3. The van der Waals surface area contributed by atoms with Crippen LogP contribution < -0.4 is 5.32 Å². The largest absolute Gasteiger partial charge is 0.458 e. The number of carbonyl (C=O) groups excluding carboxylic acids is 2. The molecule has 202 valence electrons. The molecular weight excluding hydrogens is 424 g/mol. The van der Waals surface area contributed by atoms with Crippen molar-refractivity contribution in [2.24, 2.45) is 5.92 Å². The Morgan fingerprint density at radius 1 is 0.765 bits per heavy atom. The summed E-state index contributed by atoms with van der Waals surface area (Å²) >= 11 is 0. The molecule has 0 fully saturated rings. The van der Waals surface area contributed by atoms with E-state index in [0.29, 0.717) is 17.6 Å². The quantitative estimate of drug-likeness (QED) is 0.0964. The highest BCUT2D eigenvalue weighted by atomic mass is 16.5. The van der Waals surface area contributed by atoms with Crippen LogP contribution in [0, 0.1) is 5.92 Å². The molecule has 5 heteroatoms. The van der Waals surface area contributed by atoms with Crippen LogP contribution in [0.15, 0.2) is 0 Å². The van der Waals surface area contributed by atoms with Crippen molar-refractivity contribution in [1.82, 2.24) is 5.32 Å². The molecule has 0 aliphatic heterocycles.